The van der Waals surface area contributed by atoms with E-state index in [1.54, 1.807) is 0 Å². The van der Waals surface area contributed by atoms with Gasteiger partial charge in [0.1, 0.15) is 4.88 Å². The van der Waals surface area contributed by atoms with Gasteiger partial charge in [0.15, 0.2) is 0 Å². The summed E-state index contributed by atoms with van der Waals surface area (Å²) in [6.07, 6.45) is 0. The zero-order chi connectivity index (χ0) is 13.1. The standard InChI is InChI=1S/C14H16N2OS/c1-9-3-5-11(6-4-9)8-16-12-7-10(2)18-13(12)14(15)17/h3-7,16H,8H2,1-2H3,(H2,15,17). The maximum absolute atomic E-state index is 11.3. The van der Waals surface area contributed by atoms with Gasteiger partial charge in [-0.1, -0.05) is 29.8 Å². The Labute approximate surface area is 111 Å². The van der Waals surface area contributed by atoms with Crippen molar-refractivity contribution in [1.29, 1.82) is 0 Å². The lowest BCUT2D eigenvalue weighted by atomic mass is 10.1. The molecule has 1 aromatic carbocycles. The summed E-state index contributed by atoms with van der Waals surface area (Å²) in [5.41, 5.74) is 8.59. The number of nitrogens with two attached hydrogens (primary N) is 1. The third kappa shape index (κ3) is 2.90. The van der Waals surface area contributed by atoms with Gasteiger partial charge in [-0.05, 0) is 25.5 Å². The molecule has 3 nitrogen and oxygen atoms in total. The predicted molar refractivity (Wildman–Crippen MR) is 76.1 cm³/mol. The van der Waals surface area contributed by atoms with Crippen LogP contribution >= 0.6 is 11.3 Å². The lowest BCUT2D eigenvalue weighted by molar-refractivity contribution is 0.100. The fourth-order valence-corrected chi connectivity index (χ4v) is 2.57. The van der Waals surface area contributed by atoms with Gasteiger partial charge in [0.05, 0.1) is 5.69 Å². The molecule has 0 spiro atoms. The van der Waals surface area contributed by atoms with Crippen molar-refractivity contribution < 1.29 is 4.79 Å². The molecule has 18 heavy (non-hydrogen) atoms. The van der Waals surface area contributed by atoms with Gasteiger partial charge in [0.2, 0.25) is 0 Å². The molecule has 2 rings (SSSR count). The van der Waals surface area contributed by atoms with Crippen molar-refractivity contribution in [2.75, 3.05) is 5.32 Å². The van der Waals surface area contributed by atoms with Gasteiger partial charge in [-0.3, -0.25) is 4.79 Å². The maximum atomic E-state index is 11.3. The first-order valence-electron chi connectivity index (χ1n) is 5.76. The van der Waals surface area contributed by atoms with Crippen LogP contribution in [0.2, 0.25) is 0 Å². The zero-order valence-corrected chi connectivity index (χ0v) is 11.3. The van der Waals surface area contributed by atoms with Crippen molar-refractivity contribution >= 4 is 22.9 Å². The maximum Gasteiger partial charge on any atom is 0.260 e. The molecule has 2 aromatic rings. The molecule has 0 atom stereocenters. The van der Waals surface area contributed by atoms with Crippen LogP contribution in [0, 0.1) is 13.8 Å². The minimum absolute atomic E-state index is 0.375. The van der Waals surface area contributed by atoms with E-state index in [4.69, 9.17) is 5.73 Å². The first-order valence-corrected chi connectivity index (χ1v) is 6.57. The zero-order valence-electron chi connectivity index (χ0n) is 10.5. The van der Waals surface area contributed by atoms with Crippen LogP contribution in [-0.4, -0.2) is 5.91 Å². The number of benzene rings is 1. The second-order valence-electron chi connectivity index (χ2n) is 4.30. The average molecular weight is 260 g/mol. The normalized spacial score (nSPS) is 10.3. The summed E-state index contributed by atoms with van der Waals surface area (Å²) in [7, 11) is 0. The second kappa shape index (κ2) is 5.23. The molecular formula is C14H16N2OS. The Morgan fingerprint density at radius 3 is 2.56 bits per heavy atom. The molecule has 0 aliphatic carbocycles. The number of primary amides is 1. The summed E-state index contributed by atoms with van der Waals surface area (Å²) in [4.78, 5) is 13.0. The van der Waals surface area contributed by atoms with Crippen molar-refractivity contribution in [3.8, 4) is 0 Å². The largest absolute Gasteiger partial charge is 0.380 e. The molecule has 0 unspecified atom stereocenters. The third-order valence-corrected chi connectivity index (χ3v) is 3.75. The molecule has 0 saturated carbocycles. The van der Waals surface area contributed by atoms with Gasteiger partial charge in [0.25, 0.3) is 5.91 Å². The molecule has 1 amide bonds. The Balaban J connectivity index is 2.10. The molecule has 1 heterocycles. The summed E-state index contributed by atoms with van der Waals surface area (Å²) < 4.78 is 0. The number of anilines is 1. The number of hydrogen-bond acceptors (Lipinski definition) is 3. The van der Waals surface area contributed by atoms with E-state index in [2.05, 4.69) is 36.5 Å². The number of amides is 1. The van der Waals surface area contributed by atoms with E-state index in [1.165, 1.54) is 22.5 Å². The van der Waals surface area contributed by atoms with E-state index in [0.29, 0.717) is 11.4 Å². The summed E-state index contributed by atoms with van der Waals surface area (Å²) in [6, 6.07) is 10.3. The fourth-order valence-electron chi connectivity index (χ4n) is 1.73. The number of rotatable bonds is 4. The van der Waals surface area contributed by atoms with E-state index >= 15 is 0 Å². The van der Waals surface area contributed by atoms with Crippen LogP contribution in [0.15, 0.2) is 30.3 Å². The van der Waals surface area contributed by atoms with Crippen molar-refractivity contribution in [3.05, 3.63) is 51.2 Å². The summed E-state index contributed by atoms with van der Waals surface area (Å²) in [5.74, 6) is -0.375. The highest BCUT2D eigenvalue weighted by atomic mass is 32.1. The quantitative estimate of drug-likeness (QED) is 0.887. The molecule has 0 aliphatic rings. The van der Waals surface area contributed by atoms with E-state index < -0.39 is 0 Å². The van der Waals surface area contributed by atoms with Crippen LogP contribution in [0.1, 0.15) is 25.7 Å². The number of carbonyl (C=O) groups is 1. The van der Waals surface area contributed by atoms with Crippen LogP contribution < -0.4 is 11.1 Å². The van der Waals surface area contributed by atoms with Gasteiger partial charge in [-0.2, -0.15) is 0 Å². The van der Waals surface area contributed by atoms with E-state index in [0.717, 1.165) is 10.6 Å². The third-order valence-electron chi connectivity index (χ3n) is 2.68. The molecule has 4 heteroatoms. The highest BCUT2D eigenvalue weighted by Crippen LogP contribution is 2.26. The number of thiophene rings is 1. The number of carbonyl (C=O) groups excluding carboxylic acids is 1. The predicted octanol–water partition coefficient (Wildman–Crippen LogP) is 3.08. The number of nitrogens with one attached hydrogen (secondary N) is 1. The number of aryl methyl sites for hydroxylation is 2. The Kier molecular flexibility index (Phi) is 3.67. The Hall–Kier alpha value is -1.81. The molecule has 0 radical (unpaired) electrons. The molecule has 0 saturated heterocycles. The SMILES string of the molecule is Cc1ccc(CNc2cc(C)sc2C(N)=O)cc1. The van der Waals surface area contributed by atoms with Crippen molar-refractivity contribution in [2.24, 2.45) is 5.73 Å². The van der Waals surface area contributed by atoms with E-state index in [-0.39, 0.29) is 5.91 Å². The summed E-state index contributed by atoms with van der Waals surface area (Å²) in [6.45, 7) is 4.72. The van der Waals surface area contributed by atoms with Gasteiger partial charge in [-0.25, -0.2) is 0 Å². The Bertz CT molecular complexity index is 558. The summed E-state index contributed by atoms with van der Waals surface area (Å²) in [5, 5.41) is 3.26. The molecule has 3 N–H and O–H groups in total. The van der Waals surface area contributed by atoms with Crippen LogP contribution in [0.5, 0.6) is 0 Å². The average Bonchev–Trinajstić information content (AvgIpc) is 2.70. The van der Waals surface area contributed by atoms with Gasteiger partial charge >= 0.3 is 0 Å². The van der Waals surface area contributed by atoms with Crippen LogP contribution in [-0.2, 0) is 6.54 Å². The molecule has 0 fully saturated rings. The molecule has 0 bridgehead atoms. The summed E-state index contributed by atoms with van der Waals surface area (Å²) >= 11 is 1.42. The lowest BCUT2D eigenvalue weighted by Crippen LogP contribution is -2.11. The molecule has 94 valence electrons. The Morgan fingerprint density at radius 1 is 1.28 bits per heavy atom. The van der Waals surface area contributed by atoms with Crippen LogP contribution in [0.25, 0.3) is 0 Å². The van der Waals surface area contributed by atoms with Gasteiger partial charge in [-0.15, -0.1) is 11.3 Å². The smallest absolute Gasteiger partial charge is 0.260 e. The highest BCUT2D eigenvalue weighted by molar-refractivity contribution is 7.14. The lowest BCUT2D eigenvalue weighted by Gasteiger charge is -2.06. The van der Waals surface area contributed by atoms with E-state index in [9.17, 15) is 4.79 Å². The monoisotopic (exact) mass is 260 g/mol. The molecular weight excluding hydrogens is 244 g/mol. The van der Waals surface area contributed by atoms with Gasteiger partial charge in [0, 0.05) is 11.4 Å². The fraction of sp³-hybridized carbons (Fsp3) is 0.214. The van der Waals surface area contributed by atoms with Crippen molar-refractivity contribution in [1.82, 2.24) is 0 Å². The Morgan fingerprint density at radius 2 is 1.94 bits per heavy atom. The first kappa shape index (κ1) is 12.6. The van der Waals surface area contributed by atoms with Crippen molar-refractivity contribution in [3.63, 3.8) is 0 Å². The minimum atomic E-state index is -0.375. The van der Waals surface area contributed by atoms with Crippen LogP contribution in [0.3, 0.4) is 0 Å². The van der Waals surface area contributed by atoms with Gasteiger partial charge < -0.3 is 11.1 Å². The first-order chi connectivity index (χ1) is 8.56. The minimum Gasteiger partial charge on any atom is -0.380 e. The molecule has 0 aliphatic heterocycles. The van der Waals surface area contributed by atoms with E-state index in [1.807, 2.05) is 13.0 Å². The van der Waals surface area contributed by atoms with Crippen molar-refractivity contribution in [2.45, 2.75) is 20.4 Å². The van der Waals surface area contributed by atoms with Crippen LogP contribution in [0.4, 0.5) is 5.69 Å². The number of hydrogen-bond donors (Lipinski definition) is 2. The second-order valence-corrected chi connectivity index (χ2v) is 5.56. The molecule has 1 aromatic heterocycles. The highest BCUT2D eigenvalue weighted by Gasteiger charge is 2.11. The topological polar surface area (TPSA) is 55.1 Å².